The minimum absolute atomic E-state index is 0.0438. The zero-order valence-electron chi connectivity index (χ0n) is 8.34. The molecular weight excluding hydrogens is 204 g/mol. The van der Waals surface area contributed by atoms with Gasteiger partial charge in [0.2, 0.25) is 5.82 Å². The van der Waals surface area contributed by atoms with E-state index in [-0.39, 0.29) is 24.3 Å². The average Bonchev–Trinajstić information content (AvgIpc) is 2.22. The maximum atomic E-state index is 13.4. The predicted molar refractivity (Wildman–Crippen MR) is 51.5 cm³/mol. The maximum absolute atomic E-state index is 13.4. The number of hydrogen-bond acceptors (Lipinski definition) is 3. The molecule has 0 saturated carbocycles. The summed E-state index contributed by atoms with van der Waals surface area (Å²) in [6.07, 6.45) is 0.183. The van der Waals surface area contributed by atoms with Crippen LogP contribution in [-0.4, -0.2) is 18.8 Å². The molecule has 0 saturated heterocycles. The number of methoxy groups -OCH3 is 1. The van der Waals surface area contributed by atoms with Crippen LogP contribution in [0.15, 0.2) is 12.1 Å². The van der Waals surface area contributed by atoms with Crippen molar-refractivity contribution in [2.75, 3.05) is 13.7 Å². The van der Waals surface area contributed by atoms with Crippen molar-refractivity contribution in [3.63, 3.8) is 0 Å². The zero-order chi connectivity index (χ0) is 11.4. The third-order valence-corrected chi connectivity index (χ3v) is 2.14. The van der Waals surface area contributed by atoms with Crippen molar-refractivity contribution in [1.29, 1.82) is 0 Å². The first-order valence-corrected chi connectivity index (χ1v) is 4.50. The molecule has 0 aliphatic heterocycles. The fraction of sp³-hybridized carbons (Fsp3) is 0.400. The van der Waals surface area contributed by atoms with Gasteiger partial charge in [-0.2, -0.15) is 4.39 Å². The van der Waals surface area contributed by atoms with E-state index in [0.717, 1.165) is 0 Å². The van der Waals surface area contributed by atoms with E-state index in [0.29, 0.717) is 0 Å². The molecular formula is C10H13F2NO2. The van der Waals surface area contributed by atoms with Gasteiger partial charge in [-0.3, -0.25) is 0 Å². The largest absolute Gasteiger partial charge is 0.494 e. The van der Waals surface area contributed by atoms with E-state index in [1.54, 1.807) is 0 Å². The van der Waals surface area contributed by atoms with E-state index < -0.39 is 17.7 Å². The van der Waals surface area contributed by atoms with Crippen LogP contribution in [-0.2, 0) is 0 Å². The lowest BCUT2D eigenvalue weighted by Crippen LogP contribution is -2.14. The number of hydrogen-bond donors (Lipinski definition) is 2. The van der Waals surface area contributed by atoms with Crippen LogP contribution in [0.2, 0.25) is 0 Å². The Bertz CT molecular complexity index is 344. The van der Waals surface area contributed by atoms with Crippen LogP contribution in [0.4, 0.5) is 8.78 Å². The highest BCUT2D eigenvalue weighted by molar-refractivity contribution is 5.32. The second-order valence-corrected chi connectivity index (χ2v) is 3.10. The van der Waals surface area contributed by atoms with Gasteiger partial charge in [0.15, 0.2) is 11.6 Å². The van der Waals surface area contributed by atoms with Crippen LogP contribution in [0, 0.1) is 11.6 Å². The predicted octanol–water partition coefficient (Wildman–Crippen LogP) is 1.36. The number of halogens is 2. The maximum Gasteiger partial charge on any atom is 0.200 e. The summed E-state index contributed by atoms with van der Waals surface area (Å²) in [5.74, 6) is -2.23. The molecule has 5 heteroatoms. The van der Waals surface area contributed by atoms with Crippen LogP contribution in [0.5, 0.6) is 5.75 Å². The average molecular weight is 217 g/mol. The molecule has 3 N–H and O–H groups in total. The molecule has 1 aromatic rings. The number of benzene rings is 1. The Hall–Kier alpha value is -1.20. The van der Waals surface area contributed by atoms with Crippen molar-refractivity contribution in [3.05, 3.63) is 29.3 Å². The van der Waals surface area contributed by atoms with E-state index >= 15 is 0 Å². The molecule has 1 rings (SSSR count). The molecule has 0 radical (unpaired) electrons. The molecule has 0 aliphatic rings. The van der Waals surface area contributed by atoms with Gasteiger partial charge in [-0.1, -0.05) is 6.07 Å². The van der Waals surface area contributed by atoms with Crippen molar-refractivity contribution < 1.29 is 18.6 Å². The fourth-order valence-corrected chi connectivity index (χ4v) is 1.29. The molecule has 3 nitrogen and oxygen atoms in total. The van der Waals surface area contributed by atoms with Crippen molar-refractivity contribution >= 4 is 0 Å². The van der Waals surface area contributed by atoms with E-state index in [4.69, 9.17) is 10.8 Å². The summed E-state index contributed by atoms with van der Waals surface area (Å²) < 4.78 is 31.3. The first-order valence-electron chi connectivity index (χ1n) is 4.50. The van der Waals surface area contributed by atoms with Gasteiger partial charge in [0.25, 0.3) is 0 Å². The van der Waals surface area contributed by atoms with Gasteiger partial charge in [-0.05, 0) is 12.5 Å². The summed E-state index contributed by atoms with van der Waals surface area (Å²) >= 11 is 0. The number of nitrogens with two attached hydrogens (primary N) is 1. The van der Waals surface area contributed by atoms with Crippen molar-refractivity contribution in [3.8, 4) is 5.75 Å². The number of ether oxygens (including phenoxy) is 1. The van der Waals surface area contributed by atoms with Gasteiger partial charge < -0.3 is 15.6 Å². The molecule has 1 unspecified atom stereocenters. The number of aliphatic hydroxyl groups is 1. The number of rotatable bonds is 4. The first-order chi connectivity index (χ1) is 7.11. The topological polar surface area (TPSA) is 55.5 Å². The highest BCUT2D eigenvalue weighted by Gasteiger charge is 2.17. The van der Waals surface area contributed by atoms with Crippen LogP contribution >= 0.6 is 0 Å². The fourth-order valence-electron chi connectivity index (χ4n) is 1.29. The summed E-state index contributed by atoms with van der Waals surface area (Å²) in [5.41, 5.74) is 5.60. The van der Waals surface area contributed by atoms with E-state index in [2.05, 4.69) is 4.74 Å². The molecule has 0 aliphatic carbocycles. The highest BCUT2D eigenvalue weighted by Crippen LogP contribution is 2.26. The normalized spacial score (nSPS) is 12.6. The molecule has 0 aromatic heterocycles. The Kier molecular flexibility index (Phi) is 3.99. The van der Waals surface area contributed by atoms with Crippen LogP contribution in [0.25, 0.3) is 0 Å². The first kappa shape index (κ1) is 11.9. The Morgan fingerprint density at radius 3 is 2.60 bits per heavy atom. The van der Waals surface area contributed by atoms with Crippen LogP contribution in [0.3, 0.4) is 0 Å². The van der Waals surface area contributed by atoms with E-state index in [1.807, 2.05) is 0 Å². The lowest BCUT2D eigenvalue weighted by Gasteiger charge is -2.13. The SMILES string of the molecule is COc1ccc(C(N)CCO)c(F)c1F. The van der Waals surface area contributed by atoms with Gasteiger partial charge in [-0.15, -0.1) is 0 Å². The molecule has 0 heterocycles. The molecule has 0 spiro atoms. The lowest BCUT2D eigenvalue weighted by atomic mass is 10.0. The van der Waals surface area contributed by atoms with Crippen molar-refractivity contribution in [1.82, 2.24) is 0 Å². The second kappa shape index (κ2) is 5.04. The molecule has 15 heavy (non-hydrogen) atoms. The quantitative estimate of drug-likeness (QED) is 0.800. The lowest BCUT2D eigenvalue weighted by molar-refractivity contribution is 0.274. The van der Waals surface area contributed by atoms with Crippen molar-refractivity contribution in [2.24, 2.45) is 5.73 Å². The number of aliphatic hydroxyl groups excluding tert-OH is 1. The van der Waals surface area contributed by atoms with Gasteiger partial charge in [0, 0.05) is 18.2 Å². The minimum Gasteiger partial charge on any atom is -0.494 e. The van der Waals surface area contributed by atoms with Gasteiger partial charge in [-0.25, -0.2) is 4.39 Å². The third kappa shape index (κ3) is 2.43. The minimum atomic E-state index is -1.05. The van der Waals surface area contributed by atoms with Crippen molar-refractivity contribution in [2.45, 2.75) is 12.5 Å². The Balaban J connectivity index is 3.06. The zero-order valence-corrected chi connectivity index (χ0v) is 8.34. The summed E-state index contributed by atoms with van der Waals surface area (Å²) in [6, 6.07) is 1.96. The Morgan fingerprint density at radius 2 is 2.07 bits per heavy atom. The molecule has 0 fully saturated rings. The summed E-state index contributed by atoms with van der Waals surface area (Å²) in [6.45, 7) is -0.172. The van der Waals surface area contributed by atoms with Gasteiger partial charge >= 0.3 is 0 Å². The molecule has 1 atom stereocenters. The van der Waals surface area contributed by atoms with Crippen LogP contribution in [0.1, 0.15) is 18.0 Å². The smallest absolute Gasteiger partial charge is 0.200 e. The summed E-state index contributed by atoms with van der Waals surface area (Å²) in [5, 5.41) is 8.64. The van der Waals surface area contributed by atoms with Crippen LogP contribution < -0.4 is 10.5 Å². The molecule has 0 amide bonds. The Labute approximate surface area is 86.5 Å². The third-order valence-electron chi connectivity index (χ3n) is 2.14. The second-order valence-electron chi connectivity index (χ2n) is 3.10. The van der Waals surface area contributed by atoms with Gasteiger partial charge in [0.1, 0.15) is 0 Å². The molecule has 84 valence electrons. The van der Waals surface area contributed by atoms with E-state index in [9.17, 15) is 8.78 Å². The monoisotopic (exact) mass is 217 g/mol. The molecule has 0 bridgehead atoms. The highest BCUT2D eigenvalue weighted by atomic mass is 19.2. The van der Waals surface area contributed by atoms with Gasteiger partial charge in [0.05, 0.1) is 7.11 Å². The summed E-state index contributed by atoms with van der Waals surface area (Å²) in [4.78, 5) is 0. The summed E-state index contributed by atoms with van der Waals surface area (Å²) in [7, 11) is 1.26. The Morgan fingerprint density at radius 1 is 1.40 bits per heavy atom. The van der Waals surface area contributed by atoms with E-state index in [1.165, 1.54) is 19.2 Å². The molecule has 1 aromatic carbocycles. The standard InChI is InChI=1S/C10H13F2NO2/c1-15-8-3-2-6(7(13)4-5-14)9(11)10(8)12/h2-3,7,14H,4-5,13H2,1H3.